The van der Waals surface area contributed by atoms with E-state index in [4.69, 9.17) is 4.74 Å². The molecular formula is C20H22O3. The minimum Gasteiger partial charge on any atom is -0.494 e. The largest absolute Gasteiger partial charge is 0.494 e. The molecule has 0 unspecified atom stereocenters. The zero-order valence-corrected chi connectivity index (χ0v) is 13.8. The van der Waals surface area contributed by atoms with Crippen LogP contribution >= 0.6 is 0 Å². The van der Waals surface area contributed by atoms with Crippen molar-refractivity contribution in [1.29, 1.82) is 0 Å². The van der Waals surface area contributed by atoms with Crippen molar-refractivity contribution in [2.75, 3.05) is 6.61 Å². The van der Waals surface area contributed by atoms with Crippen LogP contribution in [0.25, 0.3) is 11.6 Å². The molecule has 2 rings (SSSR count). The molecule has 1 N–H and O–H groups in total. The number of carboxylic acid groups (broad SMARTS) is 1. The van der Waals surface area contributed by atoms with E-state index in [0.717, 1.165) is 34.4 Å². The third-order valence-corrected chi connectivity index (χ3v) is 3.58. The number of hydrogen-bond acceptors (Lipinski definition) is 2. The molecule has 0 fully saturated rings. The lowest BCUT2D eigenvalue weighted by molar-refractivity contribution is -0.130. The van der Waals surface area contributed by atoms with Gasteiger partial charge in [-0.05, 0) is 55.2 Å². The van der Waals surface area contributed by atoms with Crippen molar-refractivity contribution >= 4 is 17.6 Å². The molecule has 0 aromatic heterocycles. The summed E-state index contributed by atoms with van der Waals surface area (Å²) in [6.07, 6.45) is 2.66. The molecule has 0 aliphatic rings. The normalized spacial score (nSPS) is 11.3. The van der Waals surface area contributed by atoms with Gasteiger partial charge in [0.15, 0.2) is 0 Å². The van der Waals surface area contributed by atoms with Crippen molar-refractivity contribution in [1.82, 2.24) is 0 Å². The van der Waals surface area contributed by atoms with E-state index in [1.807, 2.05) is 56.3 Å². The minimum absolute atomic E-state index is 0.299. The molecule has 3 nitrogen and oxygen atoms in total. The van der Waals surface area contributed by atoms with E-state index in [2.05, 4.69) is 6.92 Å². The van der Waals surface area contributed by atoms with Gasteiger partial charge < -0.3 is 9.84 Å². The average Bonchev–Trinajstić information content (AvgIpc) is 2.54. The summed E-state index contributed by atoms with van der Waals surface area (Å²) in [6, 6.07) is 13.3. The van der Waals surface area contributed by atoms with Crippen molar-refractivity contribution in [2.45, 2.75) is 27.2 Å². The summed E-state index contributed by atoms with van der Waals surface area (Å²) in [4.78, 5) is 11.7. The van der Waals surface area contributed by atoms with Gasteiger partial charge in [-0.15, -0.1) is 0 Å². The fourth-order valence-electron chi connectivity index (χ4n) is 2.33. The van der Waals surface area contributed by atoms with E-state index < -0.39 is 5.97 Å². The summed E-state index contributed by atoms with van der Waals surface area (Å²) in [5.74, 6) is -0.127. The van der Waals surface area contributed by atoms with Crippen LogP contribution in [-0.2, 0) is 4.79 Å². The van der Waals surface area contributed by atoms with Crippen LogP contribution < -0.4 is 4.74 Å². The van der Waals surface area contributed by atoms with Crippen molar-refractivity contribution in [3.8, 4) is 5.75 Å². The SMILES string of the molecule is CCCOc1ccc(/C=C(\C(=O)O)c2cc(C)ccc2C)cc1. The maximum Gasteiger partial charge on any atom is 0.336 e. The molecular weight excluding hydrogens is 288 g/mol. The number of carboxylic acids is 1. The first-order valence-electron chi connectivity index (χ1n) is 7.76. The number of benzene rings is 2. The van der Waals surface area contributed by atoms with Gasteiger partial charge in [-0.3, -0.25) is 0 Å². The molecule has 0 saturated heterocycles. The van der Waals surface area contributed by atoms with E-state index >= 15 is 0 Å². The second kappa shape index (κ2) is 7.63. The van der Waals surface area contributed by atoms with Gasteiger partial charge in [0.05, 0.1) is 12.2 Å². The topological polar surface area (TPSA) is 46.5 Å². The molecule has 0 spiro atoms. The second-order valence-electron chi connectivity index (χ2n) is 5.60. The molecule has 3 heteroatoms. The number of aliphatic carboxylic acids is 1. The van der Waals surface area contributed by atoms with Crippen LogP contribution in [0.4, 0.5) is 0 Å². The van der Waals surface area contributed by atoms with Gasteiger partial charge in [-0.25, -0.2) is 4.79 Å². The Morgan fingerprint density at radius 1 is 1.13 bits per heavy atom. The number of ether oxygens (including phenoxy) is 1. The van der Waals surface area contributed by atoms with Crippen LogP contribution in [0.3, 0.4) is 0 Å². The summed E-state index contributed by atoms with van der Waals surface area (Å²) < 4.78 is 5.55. The zero-order valence-electron chi connectivity index (χ0n) is 13.8. The Balaban J connectivity index is 2.35. The average molecular weight is 310 g/mol. The number of aryl methyl sites for hydroxylation is 2. The summed E-state index contributed by atoms with van der Waals surface area (Å²) in [7, 11) is 0. The molecule has 0 saturated carbocycles. The van der Waals surface area contributed by atoms with E-state index in [1.54, 1.807) is 6.08 Å². The van der Waals surface area contributed by atoms with E-state index in [-0.39, 0.29) is 0 Å². The van der Waals surface area contributed by atoms with Gasteiger partial charge in [0.1, 0.15) is 5.75 Å². The predicted octanol–water partition coefficient (Wildman–Crippen LogP) is 4.72. The Morgan fingerprint density at radius 2 is 1.83 bits per heavy atom. The van der Waals surface area contributed by atoms with Crippen LogP contribution in [0, 0.1) is 13.8 Å². The second-order valence-corrected chi connectivity index (χ2v) is 5.60. The Kier molecular flexibility index (Phi) is 5.58. The first kappa shape index (κ1) is 16.8. The summed E-state index contributed by atoms with van der Waals surface area (Å²) in [5, 5.41) is 9.58. The van der Waals surface area contributed by atoms with E-state index in [1.165, 1.54) is 0 Å². The maximum absolute atomic E-state index is 11.7. The summed E-state index contributed by atoms with van der Waals surface area (Å²) in [5.41, 5.74) is 3.89. The Bertz CT molecular complexity index is 712. The Morgan fingerprint density at radius 3 is 2.43 bits per heavy atom. The Hall–Kier alpha value is -2.55. The standard InChI is InChI=1S/C20H22O3/c1-4-11-23-17-9-7-16(8-10-17)13-19(20(21)22)18-12-14(2)5-6-15(18)3/h5-10,12-13H,4,11H2,1-3H3,(H,21,22)/b19-13-. The summed E-state index contributed by atoms with van der Waals surface area (Å²) >= 11 is 0. The van der Waals surface area contributed by atoms with Crippen molar-refractivity contribution in [3.63, 3.8) is 0 Å². The lowest BCUT2D eigenvalue weighted by atomic mass is 9.96. The van der Waals surface area contributed by atoms with Gasteiger partial charge in [-0.2, -0.15) is 0 Å². The highest BCUT2D eigenvalue weighted by atomic mass is 16.5. The molecule has 0 bridgehead atoms. The van der Waals surface area contributed by atoms with E-state index in [0.29, 0.717) is 12.2 Å². The highest BCUT2D eigenvalue weighted by molar-refractivity contribution is 6.21. The lowest BCUT2D eigenvalue weighted by Gasteiger charge is -2.09. The Labute approximate surface area is 137 Å². The molecule has 2 aromatic carbocycles. The van der Waals surface area contributed by atoms with Gasteiger partial charge in [0, 0.05) is 0 Å². The fourth-order valence-corrected chi connectivity index (χ4v) is 2.33. The molecule has 23 heavy (non-hydrogen) atoms. The third-order valence-electron chi connectivity index (χ3n) is 3.58. The number of hydrogen-bond donors (Lipinski definition) is 1. The van der Waals surface area contributed by atoms with Crippen LogP contribution in [0.15, 0.2) is 42.5 Å². The van der Waals surface area contributed by atoms with Gasteiger partial charge in [0.2, 0.25) is 0 Å². The van der Waals surface area contributed by atoms with Gasteiger partial charge in [-0.1, -0.05) is 42.8 Å². The third kappa shape index (κ3) is 4.46. The fraction of sp³-hybridized carbons (Fsp3) is 0.250. The van der Waals surface area contributed by atoms with Crippen LogP contribution in [0.2, 0.25) is 0 Å². The molecule has 0 atom stereocenters. The van der Waals surface area contributed by atoms with Crippen molar-refractivity contribution in [2.24, 2.45) is 0 Å². The zero-order chi connectivity index (χ0) is 16.8. The molecule has 0 aliphatic heterocycles. The quantitative estimate of drug-likeness (QED) is 0.620. The highest BCUT2D eigenvalue weighted by Crippen LogP contribution is 2.24. The predicted molar refractivity (Wildman–Crippen MR) is 93.7 cm³/mol. The highest BCUT2D eigenvalue weighted by Gasteiger charge is 2.13. The smallest absolute Gasteiger partial charge is 0.336 e. The van der Waals surface area contributed by atoms with Crippen LogP contribution in [0.5, 0.6) is 5.75 Å². The monoisotopic (exact) mass is 310 g/mol. The first-order chi connectivity index (χ1) is 11.0. The minimum atomic E-state index is -0.926. The lowest BCUT2D eigenvalue weighted by Crippen LogP contribution is -2.02. The van der Waals surface area contributed by atoms with Crippen molar-refractivity contribution in [3.05, 3.63) is 64.7 Å². The first-order valence-corrected chi connectivity index (χ1v) is 7.76. The number of rotatable bonds is 6. The molecule has 0 aliphatic carbocycles. The summed E-state index contributed by atoms with van der Waals surface area (Å²) in [6.45, 7) is 6.62. The van der Waals surface area contributed by atoms with E-state index in [9.17, 15) is 9.90 Å². The van der Waals surface area contributed by atoms with Crippen LogP contribution in [-0.4, -0.2) is 17.7 Å². The molecule has 0 radical (unpaired) electrons. The van der Waals surface area contributed by atoms with Gasteiger partial charge in [0.25, 0.3) is 0 Å². The molecule has 0 heterocycles. The number of carbonyl (C=O) groups is 1. The molecule has 120 valence electrons. The van der Waals surface area contributed by atoms with Crippen LogP contribution in [0.1, 0.15) is 35.6 Å². The molecule has 2 aromatic rings. The molecule has 0 amide bonds. The van der Waals surface area contributed by atoms with Crippen molar-refractivity contribution < 1.29 is 14.6 Å². The maximum atomic E-state index is 11.7. The van der Waals surface area contributed by atoms with Gasteiger partial charge >= 0.3 is 5.97 Å².